The number of nitrogens with one attached hydrogen (secondary N) is 3. The molecule has 1 aromatic carbocycles. The lowest BCUT2D eigenvalue weighted by atomic mass is 10.3. The standard InChI is InChI=1S/C10H16N4O3S/c1-8(15)12-6-7-13-18(16,17)10-4-2-9(14-11)3-5-10/h2-5,13-14H,6-7,11H2,1H3,(H,12,15). The second-order valence-electron chi connectivity index (χ2n) is 3.55. The second-order valence-corrected chi connectivity index (χ2v) is 5.32. The molecule has 1 rings (SSSR count). The van der Waals surface area contributed by atoms with Gasteiger partial charge in [0.05, 0.1) is 4.90 Å². The molecule has 0 aliphatic rings. The van der Waals surface area contributed by atoms with E-state index >= 15 is 0 Å². The molecule has 0 atom stereocenters. The number of hydrogen-bond donors (Lipinski definition) is 4. The summed E-state index contributed by atoms with van der Waals surface area (Å²) < 4.78 is 26.0. The van der Waals surface area contributed by atoms with E-state index in [1.807, 2.05) is 0 Å². The number of rotatable bonds is 6. The zero-order valence-electron chi connectivity index (χ0n) is 9.93. The summed E-state index contributed by atoms with van der Waals surface area (Å²) in [4.78, 5) is 10.7. The molecule has 0 aliphatic carbocycles. The summed E-state index contributed by atoms with van der Waals surface area (Å²) in [7, 11) is -3.55. The maximum absolute atomic E-state index is 11.8. The fourth-order valence-corrected chi connectivity index (χ4v) is 2.27. The van der Waals surface area contributed by atoms with Gasteiger partial charge in [0.1, 0.15) is 0 Å². The maximum atomic E-state index is 11.8. The molecule has 0 aromatic heterocycles. The minimum absolute atomic E-state index is 0.138. The number of nitrogen functional groups attached to an aromatic ring is 1. The van der Waals surface area contributed by atoms with Gasteiger partial charge in [-0.2, -0.15) is 0 Å². The molecule has 8 heteroatoms. The van der Waals surface area contributed by atoms with Gasteiger partial charge in [-0.15, -0.1) is 0 Å². The van der Waals surface area contributed by atoms with Crippen molar-refractivity contribution in [3.63, 3.8) is 0 Å². The molecule has 18 heavy (non-hydrogen) atoms. The average Bonchev–Trinajstić information content (AvgIpc) is 2.34. The van der Waals surface area contributed by atoms with E-state index in [-0.39, 0.29) is 23.9 Å². The summed E-state index contributed by atoms with van der Waals surface area (Å²) in [5.74, 6) is 4.98. The Balaban J connectivity index is 2.59. The van der Waals surface area contributed by atoms with Crippen molar-refractivity contribution in [1.82, 2.24) is 10.0 Å². The molecule has 0 saturated carbocycles. The van der Waals surface area contributed by atoms with E-state index in [9.17, 15) is 13.2 Å². The van der Waals surface area contributed by atoms with Crippen LogP contribution in [0.2, 0.25) is 0 Å². The number of benzene rings is 1. The van der Waals surface area contributed by atoms with Gasteiger partial charge in [-0.25, -0.2) is 13.1 Å². The third-order valence-corrected chi connectivity index (χ3v) is 3.60. The molecule has 100 valence electrons. The van der Waals surface area contributed by atoms with Gasteiger partial charge >= 0.3 is 0 Å². The Hall–Kier alpha value is -1.64. The quantitative estimate of drug-likeness (QED) is 0.313. The molecule has 0 radical (unpaired) electrons. The van der Waals surface area contributed by atoms with E-state index in [1.54, 1.807) is 12.1 Å². The monoisotopic (exact) mass is 272 g/mol. The molecule has 0 bridgehead atoms. The zero-order chi connectivity index (χ0) is 13.6. The molecule has 0 spiro atoms. The smallest absolute Gasteiger partial charge is 0.240 e. The van der Waals surface area contributed by atoms with E-state index in [0.717, 1.165) is 0 Å². The number of hydrazine groups is 1. The van der Waals surface area contributed by atoms with Crippen molar-refractivity contribution in [2.75, 3.05) is 18.5 Å². The lowest BCUT2D eigenvalue weighted by Gasteiger charge is -2.07. The Morgan fingerprint density at radius 1 is 1.22 bits per heavy atom. The van der Waals surface area contributed by atoms with Crippen molar-refractivity contribution in [2.24, 2.45) is 5.84 Å². The Morgan fingerprint density at radius 3 is 2.33 bits per heavy atom. The molecule has 5 N–H and O–H groups in total. The highest BCUT2D eigenvalue weighted by molar-refractivity contribution is 7.89. The molecule has 0 saturated heterocycles. The predicted molar refractivity (Wildman–Crippen MR) is 68.1 cm³/mol. The minimum atomic E-state index is -3.55. The van der Waals surface area contributed by atoms with Gasteiger partial charge < -0.3 is 10.7 Å². The molecule has 7 nitrogen and oxygen atoms in total. The average molecular weight is 272 g/mol. The highest BCUT2D eigenvalue weighted by atomic mass is 32.2. The van der Waals surface area contributed by atoms with Gasteiger partial charge in [0.2, 0.25) is 15.9 Å². The molecule has 0 heterocycles. The summed E-state index contributed by atoms with van der Waals surface area (Å²) >= 11 is 0. The Labute approximate surface area is 106 Å². The summed E-state index contributed by atoms with van der Waals surface area (Å²) in [5.41, 5.74) is 3.03. The summed E-state index contributed by atoms with van der Waals surface area (Å²) in [5, 5.41) is 2.50. The van der Waals surface area contributed by atoms with Gasteiger partial charge in [0, 0.05) is 25.7 Å². The molecular formula is C10H16N4O3S. The number of sulfonamides is 1. The van der Waals surface area contributed by atoms with Gasteiger partial charge in [-0.05, 0) is 24.3 Å². The van der Waals surface area contributed by atoms with E-state index in [0.29, 0.717) is 5.69 Å². The van der Waals surface area contributed by atoms with Crippen molar-refractivity contribution in [3.8, 4) is 0 Å². The number of anilines is 1. The first kappa shape index (κ1) is 14.4. The Kier molecular flexibility index (Phi) is 5.08. The maximum Gasteiger partial charge on any atom is 0.240 e. The number of carbonyl (C=O) groups is 1. The zero-order valence-corrected chi connectivity index (χ0v) is 10.8. The fourth-order valence-electron chi connectivity index (χ4n) is 1.24. The fraction of sp³-hybridized carbons (Fsp3) is 0.300. The van der Waals surface area contributed by atoms with Gasteiger partial charge in [-0.3, -0.25) is 10.6 Å². The van der Waals surface area contributed by atoms with Crippen LogP contribution in [0.5, 0.6) is 0 Å². The Bertz CT molecular complexity index is 498. The second kappa shape index (κ2) is 6.34. The number of carbonyl (C=O) groups excluding carboxylic acids is 1. The molecule has 1 amide bonds. The molecule has 0 fully saturated rings. The van der Waals surface area contributed by atoms with Crippen LogP contribution in [-0.2, 0) is 14.8 Å². The van der Waals surface area contributed by atoms with Crippen LogP contribution in [-0.4, -0.2) is 27.4 Å². The van der Waals surface area contributed by atoms with Crippen LogP contribution in [0.4, 0.5) is 5.69 Å². The summed E-state index contributed by atoms with van der Waals surface area (Å²) in [6, 6.07) is 6.00. The van der Waals surface area contributed by atoms with Crippen molar-refractivity contribution >= 4 is 21.6 Å². The van der Waals surface area contributed by atoms with Crippen LogP contribution in [0.15, 0.2) is 29.2 Å². The lowest BCUT2D eigenvalue weighted by Crippen LogP contribution is -2.33. The third-order valence-electron chi connectivity index (χ3n) is 2.12. The lowest BCUT2D eigenvalue weighted by molar-refractivity contribution is -0.118. The topological polar surface area (TPSA) is 113 Å². The Morgan fingerprint density at radius 2 is 1.83 bits per heavy atom. The molecule has 1 aromatic rings. The first-order valence-corrected chi connectivity index (χ1v) is 6.75. The van der Waals surface area contributed by atoms with Crippen LogP contribution >= 0.6 is 0 Å². The predicted octanol–water partition coefficient (Wildman–Crippen LogP) is -0.613. The minimum Gasteiger partial charge on any atom is -0.355 e. The van der Waals surface area contributed by atoms with Crippen LogP contribution in [0.3, 0.4) is 0 Å². The van der Waals surface area contributed by atoms with Crippen LogP contribution in [0.1, 0.15) is 6.92 Å². The molecule has 0 aliphatic heterocycles. The van der Waals surface area contributed by atoms with Gasteiger partial charge in [-0.1, -0.05) is 0 Å². The summed E-state index contributed by atoms with van der Waals surface area (Å²) in [6.45, 7) is 1.75. The van der Waals surface area contributed by atoms with Crippen molar-refractivity contribution in [3.05, 3.63) is 24.3 Å². The van der Waals surface area contributed by atoms with E-state index in [1.165, 1.54) is 19.1 Å². The number of hydrogen-bond acceptors (Lipinski definition) is 5. The van der Waals surface area contributed by atoms with Gasteiger partial charge in [0.15, 0.2) is 0 Å². The van der Waals surface area contributed by atoms with Gasteiger partial charge in [0.25, 0.3) is 0 Å². The van der Waals surface area contributed by atoms with Crippen LogP contribution in [0.25, 0.3) is 0 Å². The largest absolute Gasteiger partial charge is 0.355 e. The van der Waals surface area contributed by atoms with E-state index < -0.39 is 10.0 Å². The molecular weight excluding hydrogens is 256 g/mol. The third kappa shape index (κ3) is 4.32. The molecule has 0 unspecified atom stereocenters. The van der Waals surface area contributed by atoms with Crippen molar-refractivity contribution in [1.29, 1.82) is 0 Å². The van der Waals surface area contributed by atoms with Crippen molar-refractivity contribution < 1.29 is 13.2 Å². The number of nitrogens with two attached hydrogens (primary N) is 1. The van der Waals surface area contributed by atoms with Crippen LogP contribution < -0.4 is 21.3 Å². The van der Waals surface area contributed by atoms with Crippen molar-refractivity contribution in [2.45, 2.75) is 11.8 Å². The highest BCUT2D eigenvalue weighted by Gasteiger charge is 2.12. The van der Waals surface area contributed by atoms with E-state index in [4.69, 9.17) is 5.84 Å². The first-order chi connectivity index (χ1) is 8.45. The number of amides is 1. The van der Waals surface area contributed by atoms with Crippen LogP contribution in [0, 0.1) is 0 Å². The normalized spacial score (nSPS) is 11.0. The first-order valence-electron chi connectivity index (χ1n) is 5.26. The van der Waals surface area contributed by atoms with E-state index in [2.05, 4.69) is 15.5 Å². The summed E-state index contributed by atoms with van der Waals surface area (Å²) in [6.07, 6.45) is 0. The highest BCUT2D eigenvalue weighted by Crippen LogP contribution is 2.12. The SMILES string of the molecule is CC(=O)NCCNS(=O)(=O)c1ccc(NN)cc1.